The summed E-state index contributed by atoms with van der Waals surface area (Å²) >= 11 is 0. The molecule has 2 spiro atoms. The molecule has 2 unspecified atom stereocenters. The highest BCUT2D eigenvalue weighted by atomic mass is 19.1. The molecule has 6 fully saturated rings. The number of carbonyl (C=O) groups is 2. The van der Waals surface area contributed by atoms with Crippen LogP contribution in [0.3, 0.4) is 0 Å². The number of fused-ring (bicyclic) bond motifs is 3. The first-order valence-electron chi connectivity index (χ1n) is 26.8. The first kappa shape index (κ1) is 47.4. The molecule has 2 amide bonds. The summed E-state index contributed by atoms with van der Waals surface area (Å²) in [5.74, 6) is -1.30. The molecule has 5 aliphatic heterocycles. The normalized spacial score (nSPS) is 24.1. The number of nitrogens with one attached hydrogen (secondary N) is 1. The minimum atomic E-state index is -0.712. The number of piperidine rings is 3. The molecule has 74 heavy (non-hydrogen) atoms. The summed E-state index contributed by atoms with van der Waals surface area (Å²) in [5, 5.41) is 14.8. The predicted molar refractivity (Wildman–Crippen MR) is 277 cm³/mol. The van der Waals surface area contributed by atoms with Gasteiger partial charge in [0.1, 0.15) is 34.6 Å². The number of para-hydroxylation sites is 1. The maximum Gasteiger partial charge on any atom is 0.329 e. The number of benzene rings is 3. The Balaban J connectivity index is 0.676. The lowest BCUT2D eigenvalue weighted by atomic mass is 9.60. The van der Waals surface area contributed by atoms with Gasteiger partial charge in [0.2, 0.25) is 11.8 Å². The standard InChI is InChI=1S/C57H63F2N9O6/c1-3-38-42(58)9-8-35-26-37(69)27-40(46(35)38)48-47(59)49-41(30-60-48)51(67-20-5-14-57(32-67)19-25-74-57)63-53(62-49)73-33-56(15-16-56)31-65-23-17-55(18-24-65)28-36(29-55)66-21-12-34(13-22-66)39-6-4-7-43-50(39)64(2)54(72)68(43)44-10-11-45(70)61-52(44)71/h4,6-9,12,26-27,30,36,44,69H,3,5,10-11,13-25,28-29,31-33H2,1-2H3,(H,61,70,71). The number of hydrogen-bond donors (Lipinski definition) is 2. The van der Waals surface area contributed by atoms with Gasteiger partial charge in [-0.15, -0.1) is 0 Å². The Hall–Kier alpha value is -6.30. The Morgan fingerprint density at radius 3 is 2.50 bits per heavy atom. The second-order valence-corrected chi connectivity index (χ2v) is 22.7. The molecule has 2 N–H and O–H groups in total. The van der Waals surface area contributed by atoms with E-state index in [0.717, 1.165) is 101 Å². The molecule has 8 heterocycles. The number of likely N-dealkylation sites (tertiary alicyclic amines) is 1. The van der Waals surface area contributed by atoms with Crippen LogP contribution in [-0.4, -0.2) is 121 Å². The molecule has 2 saturated carbocycles. The van der Waals surface area contributed by atoms with Gasteiger partial charge < -0.3 is 24.4 Å². The molecule has 6 aromatic rings. The number of halogens is 2. The summed E-state index contributed by atoms with van der Waals surface area (Å²) in [7, 11) is 1.77. The average Bonchev–Trinajstić information content (AvgIpc) is 4.11. The van der Waals surface area contributed by atoms with E-state index >= 15 is 8.78 Å². The van der Waals surface area contributed by atoms with Crippen LogP contribution in [-0.2, 0) is 27.8 Å². The fourth-order valence-electron chi connectivity index (χ4n) is 13.7. The topological polar surface area (TPSA) is 160 Å². The molecule has 7 aliphatic rings. The highest BCUT2D eigenvalue weighted by Gasteiger charge is 2.51. The van der Waals surface area contributed by atoms with Gasteiger partial charge in [0.05, 0.1) is 35.2 Å². The number of rotatable bonds is 11. The molecule has 3 aromatic carbocycles. The van der Waals surface area contributed by atoms with Gasteiger partial charge in [-0.05, 0) is 135 Å². The highest BCUT2D eigenvalue weighted by molar-refractivity contribution is 6.02. The van der Waals surface area contributed by atoms with Gasteiger partial charge in [-0.1, -0.05) is 31.2 Å². The van der Waals surface area contributed by atoms with E-state index in [-0.39, 0.29) is 52.0 Å². The Bertz CT molecular complexity index is 3380. The number of carbonyl (C=O) groups excluding carboxylic acids is 2. The van der Waals surface area contributed by atoms with Crippen molar-refractivity contribution >= 4 is 55.9 Å². The summed E-state index contributed by atoms with van der Waals surface area (Å²) in [4.78, 5) is 60.1. The predicted octanol–water partition coefficient (Wildman–Crippen LogP) is 7.97. The fourth-order valence-corrected chi connectivity index (χ4v) is 13.7. The maximum atomic E-state index is 17.3. The quantitative estimate of drug-likeness (QED) is 0.121. The molecule has 0 bridgehead atoms. The number of nitrogens with zero attached hydrogens (tertiary/aromatic N) is 8. The fraction of sp³-hybridized carbons (Fsp3) is 0.509. The van der Waals surface area contributed by atoms with Crippen molar-refractivity contribution in [2.45, 2.75) is 108 Å². The van der Waals surface area contributed by atoms with Gasteiger partial charge in [-0.3, -0.25) is 33.9 Å². The van der Waals surface area contributed by atoms with Crippen molar-refractivity contribution in [3.05, 3.63) is 88.0 Å². The van der Waals surface area contributed by atoms with E-state index in [1.807, 2.05) is 19.1 Å². The highest BCUT2D eigenvalue weighted by Crippen LogP contribution is 2.53. The van der Waals surface area contributed by atoms with E-state index < -0.39 is 23.6 Å². The minimum absolute atomic E-state index is 0.0190. The Labute approximate surface area is 427 Å². The van der Waals surface area contributed by atoms with Crippen LogP contribution < -0.4 is 20.6 Å². The summed E-state index contributed by atoms with van der Waals surface area (Å²) in [5.41, 5.74) is 4.41. The van der Waals surface area contributed by atoms with Crippen molar-refractivity contribution in [1.29, 1.82) is 0 Å². The number of hydrogen-bond acceptors (Lipinski definition) is 12. The van der Waals surface area contributed by atoms with Gasteiger partial charge in [0.25, 0.3) is 0 Å². The number of pyridine rings is 1. The molecule has 17 heteroatoms. The number of imidazole rings is 1. The molecule has 2 atom stereocenters. The lowest BCUT2D eigenvalue weighted by molar-refractivity contribution is -0.151. The third kappa shape index (κ3) is 8.06. The average molecular weight is 1010 g/mol. The van der Waals surface area contributed by atoms with Crippen LogP contribution in [0.4, 0.5) is 14.6 Å². The van der Waals surface area contributed by atoms with Gasteiger partial charge in [0, 0.05) is 81.4 Å². The van der Waals surface area contributed by atoms with Crippen LogP contribution in [0.1, 0.15) is 101 Å². The van der Waals surface area contributed by atoms with E-state index in [2.05, 4.69) is 37.1 Å². The first-order valence-corrected chi connectivity index (χ1v) is 26.8. The molecule has 13 rings (SSSR count). The van der Waals surface area contributed by atoms with Gasteiger partial charge in [0.15, 0.2) is 5.82 Å². The monoisotopic (exact) mass is 1010 g/mol. The number of aryl methyl sites for hydroxylation is 2. The second-order valence-electron chi connectivity index (χ2n) is 22.7. The van der Waals surface area contributed by atoms with Gasteiger partial charge in [-0.2, -0.15) is 9.97 Å². The number of aromatic nitrogens is 5. The number of phenols is 1. The Morgan fingerprint density at radius 2 is 1.77 bits per heavy atom. The molecule has 4 saturated heterocycles. The number of phenolic OH excluding ortho intramolecular Hbond substituents is 1. The van der Waals surface area contributed by atoms with Gasteiger partial charge >= 0.3 is 11.7 Å². The smallest absolute Gasteiger partial charge is 0.329 e. The lowest BCUT2D eigenvalue weighted by Gasteiger charge is -2.56. The summed E-state index contributed by atoms with van der Waals surface area (Å²) in [6, 6.07) is 11.9. The van der Waals surface area contributed by atoms with Crippen molar-refractivity contribution in [3.8, 4) is 23.0 Å². The van der Waals surface area contributed by atoms with E-state index in [9.17, 15) is 19.5 Å². The second kappa shape index (κ2) is 17.9. The summed E-state index contributed by atoms with van der Waals surface area (Å²) in [6.45, 7) is 9.19. The van der Waals surface area contributed by atoms with Crippen LogP contribution in [0.5, 0.6) is 11.8 Å². The minimum Gasteiger partial charge on any atom is -0.508 e. The first-order chi connectivity index (χ1) is 35.8. The van der Waals surface area contributed by atoms with Crippen molar-refractivity contribution in [2.24, 2.45) is 17.9 Å². The summed E-state index contributed by atoms with van der Waals surface area (Å²) < 4.78 is 48.4. The van der Waals surface area contributed by atoms with Crippen LogP contribution >= 0.6 is 0 Å². The number of imide groups is 1. The molecule has 0 radical (unpaired) electrons. The number of anilines is 1. The van der Waals surface area contributed by atoms with E-state index in [1.54, 1.807) is 34.5 Å². The van der Waals surface area contributed by atoms with Crippen LogP contribution in [0.2, 0.25) is 0 Å². The van der Waals surface area contributed by atoms with E-state index in [0.29, 0.717) is 70.6 Å². The number of ether oxygens (including phenoxy) is 2. The Morgan fingerprint density at radius 1 is 0.946 bits per heavy atom. The van der Waals surface area contributed by atoms with Crippen LogP contribution in [0, 0.1) is 22.5 Å². The van der Waals surface area contributed by atoms with Crippen LogP contribution in [0.25, 0.3) is 49.5 Å². The van der Waals surface area contributed by atoms with Crippen molar-refractivity contribution in [2.75, 3.05) is 63.9 Å². The molecule has 15 nitrogen and oxygen atoms in total. The molecular weight excluding hydrogens is 945 g/mol. The summed E-state index contributed by atoms with van der Waals surface area (Å²) in [6.07, 6.45) is 15.3. The molecular formula is C57H63F2N9O6. The number of amides is 2. The third-order valence-electron chi connectivity index (χ3n) is 18.2. The molecule has 2 aliphatic carbocycles. The van der Waals surface area contributed by atoms with Crippen LogP contribution in [0.15, 0.2) is 59.5 Å². The van der Waals surface area contributed by atoms with Gasteiger partial charge in [-0.25, -0.2) is 13.6 Å². The Kier molecular flexibility index (Phi) is 11.5. The lowest BCUT2D eigenvalue weighted by Crippen LogP contribution is -2.56. The number of aromatic hydroxyl groups is 1. The third-order valence-corrected chi connectivity index (χ3v) is 18.2. The SMILES string of the molecule is CCc1c(F)ccc2cc(O)cc(-c3ncc4c(N5CCCC6(CCO6)C5)nc(OCC5(CN6CCC7(CC6)CC(N6CC=C(c8cccc9c8n(C)c(=O)n9C8CCC(=O)NC8=O)CC6)C7)CC5)nc4c3F)c12. The van der Waals surface area contributed by atoms with Crippen molar-refractivity contribution in [1.82, 2.24) is 39.2 Å². The van der Waals surface area contributed by atoms with E-state index in [1.165, 1.54) is 43.4 Å². The largest absolute Gasteiger partial charge is 0.508 e. The van der Waals surface area contributed by atoms with E-state index in [4.69, 9.17) is 19.4 Å². The molecule has 386 valence electrons. The zero-order valence-corrected chi connectivity index (χ0v) is 42.2. The van der Waals surface area contributed by atoms with Crippen molar-refractivity contribution < 1.29 is 33.0 Å². The zero-order valence-electron chi connectivity index (χ0n) is 42.2. The maximum absolute atomic E-state index is 17.3. The van der Waals surface area contributed by atoms with Crippen molar-refractivity contribution in [3.63, 3.8) is 0 Å². The molecule has 3 aromatic heterocycles. The zero-order chi connectivity index (χ0) is 50.7.